The molecule has 0 spiro atoms. The number of carbonyl (C=O) groups is 2. The Bertz CT molecular complexity index is 399. The van der Waals surface area contributed by atoms with Crippen molar-refractivity contribution in [2.45, 2.75) is 32.9 Å². The van der Waals surface area contributed by atoms with E-state index in [1.165, 1.54) is 0 Å². The Balaban J connectivity index is 2.86. The van der Waals surface area contributed by atoms with Crippen molar-refractivity contribution in [1.82, 2.24) is 0 Å². The Hall–Kier alpha value is -1.51. The van der Waals surface area contributed by atoms with E-state index >= 15 is 0 Å². The van der Waals surface area contributed by atoms with E-state index in [1.807, 2.05) is 0 Å². The van der Waals surface area contributed by atoms with Crippen molar-refractivity contribution in [2.75, 3.05) is 0 Å². The van der Waals surface area contributed by atoms with Crippen LogP contribution in [0, 0.1) is 6.92 Å². The second-order valence-corrected chi connectivity index (χ2v) is 3.76. The summed E-state index contributed by atoms with van der Waals surface area (Å²) in [5, 5.41) is 0. The molecule has 0 fully saturated rings. The molecule has 16 heavy (non-hydrogen) atoms. The van der Waals surface area contributed by atoms with Gasteiger partial charge in [-0.15, -0.1) is 0 Å². The fourth-order valence-corrected chi connectivity index (χ4v) is 1.51. The monoisotopic (exact) mass is 222 g/mol. The van der Waals surface area contributed by atoms with E-state index in [1.54, 1.807) is 38.1 Å². The van der Waals surface area contributed by atoms with Crippen molar-refractivity contribution in [3.8, 4) is 0 Å². The van der Waals surface area contributed by atoms with Crippen LogP contribution in [0.1, 0.15) is 35.7 Å². The third kappa shape index (κ3) is 2.75. The third-order valence-corrected chi connectivity index (χ3v) is 2.42. The first-order valence-electron chi connectivity index (χ1n) is 5.34. The summed E-state index contributed by atoms with van der Waals surface area (Å²) in [6.07, 6.45) is -1.35. The Kier molecular flexibility index (Phi) is 4.35. The number of alkyl halides is 1. The number of benzene rings is 1. The molecule has 0 saturated carbocycles. The van der Waals surface area contributed by atoms with Gasteiger partial charge in [0.25, 0.3) is 0 Å². The molecule has 1 aromatic rings. The van der Waals surface area contributed by atoms with Gasteiger partial charge < -0.3 is 0 Å². The second kappa shape index (κ2) is 5.54. The molecule has 0 aromatic heterocycles. The van der Waals surface area contributed by atoms with Crippen LogP contribution in [-0.4, -0.2) is 17.7 Å². The highest BCUT2D eigenvalue weighted by Gasteiger charge is 2.26. The first-order valence-corrected chi connectivity index (χ1v) is 5.34. The fourth-order valence-electron chi connectivity index (χ4n) is 1.51. The number of carbonyl (C=O) groups excluding carboxylic acids is 2. The van der Waals surface area contributed by atoms with Crippen molar-refractivity contribution in [2.24, 2.45) is 0 Å². The lowest BCUT2D eigenvalue weighted by molar-refractivity contribution is -0.122. The Labute approximate surface area is 94.5 Å². The maximum Gasteiger partial charge on any atom is 0.220 e. The minimum absolute atomic E-state index is 0.110. The molecule has 0 amide bonds. The highest BCUT2D eigenvalue weighted by molar-refractivity contribution is 6.13. The highest BCUT2D eigenvalue weighted by atomic mass is 19.1. The molecule has 0 aliphatic rings. The lowest BCUT2D eigenvalue weighted by atomic mass is 9.98. The van der Waals surface area contributed by atoms with E-state index < -0.39 is 17.7 Å². The van der Waals surface area contributed by atoms with Gasteiger partial charge in [-0.3, -0.25) is 9.59 Å². The average molecular weight is 222 g/mol. The van der Waals surface area contributed by atoms with Gasteiger partial charge in [0.2, 0.25) is 12.0 Å². The second-order valence-electron chi connectivity index (χ2n) is 3.76. The van der Waals surface area contributed by atoms with Gasteiger partial charge in [0.05, 0.1) is 0 Å². The number of halogens is 1. The lowest BCUT2D eigenvalue weighted by Gasteiger charge is -2.07. The number of hydrogen-bond donors (Lipinski definition) is 0. The predicted octanol–water partition coefficient (Wildman–Crippen LogP) is 2.89. The SMILES string of the molecule is CCCC(=O)C(F)C(=O)c1ccccc1C. The fraction of sp³-hybridized carbons (Fsp3) is 0.385. The first kappa shape index (κ1) is 12.6. The third-order valence-electron chi connectivity index (χ3n) is 2.42. The predicted molar refractivity (Wildman–Crippen MR) is 60.3 cm³/mol. The van der Waals surface area contributed by atoms with Gasteiger partial charge in [0.15, 0.2) is 5.78 Å². The summed E-state index contributed by atoms with van der Waals surface area (Å²) in [7, 11) is 0. The molecule has 1 rings (SSSR count). The molecule has 0 heterocycles. The van der Waals surface area contributed by atoms with Gasteiger partial charge in [-0.05, 0) is 18.9 Å². The molecular weight excluding hydrogens is 207 g/mol. The van der Waals surface area contributed by atoms with E-state index in [4.69, 9.17) is 0 Å². The zero-order chi connectivity index (χ0) is 12.1. The maximum absolute atomic E-state index is 13.5. The van der Waals surface area contributed by atoms with Crippen LogP contribution in [0.2, 0.25) is 0 Å². The molecule has 2 nitrogen and oxygen atoms in total. The number of hydrogen-bond acceptors (Lipinski definition) is 2. The van der Waals surface area contributed by atoms with E-state index in [9.17, 15) is 14.0 Å². The maximum atomic E-state index is 13.5. The summed E-state index contributed by atoms with van der Waals surface area (Å²) in [6.45, 7) is 3.51. The molecule has 1 atom stereocenters. The van der Waals surface area contributed by atoms with Gasteiger partial charge >= 0.3 is 0 Å². The van der Waals surface area contributed by atoms with Crippen molar-refractivity contribution in [3.05, 3.63) is 35.4 Å². The van der Waals surface area contributed by atoms with Crippen LogP contribution in [0.4, 0.5) is 4.39 Å². The number of Topliss-reactive ketones (excluding diaryl/α,β-unsaturated/α-hetero) is 2. The van der Waals surface area contributed by atoms with Crippen molar-refractivity contribution in [1.29, 1.82) is 0 Å². The Morgan fingerprint density at radius 3 is 2.50 bits per heavy atom. The molecule has 0 bridgehead atoms. The normalized spacial score (nSPS) is 12.2. The van der Waals surface area contributed by atoms with Gasteiger partial charge in [-0.2, -0.15) is 0 Å². The van der Waals surface area contributed by atoms with E-state index in [0.717, 1.165) is 0 Å². The largest absolute Gasteiger partial charge is 0.296 e. The minimum atomic E-state index is -2.01. The van der Waals surface area contributed by atoms with Crippen LogP contribution >= 0.6 is 0 Å². The number of aryl methyl sites for hydroxylation is 1. The molecular formula is C13H15FO2. The van der Waals surface area contributed by atoms with Crippen LogP contribution < -0.4 is 0 Å². The van der Waals surface area contributed by atoms with Crippen molar-refractivity contribution in [3.63, 3.8) is 0 Å². The summed E-state index contributed by atoms with van der Waals surface area (Å²) in [5.74, 6) is -1.35. The minimum Gasteiger partial charge on any atom is -0.296 e. The molecule has 0 N–H and O–H groups in total. The van der Waals surface area contributed by atoms with Gasteiger partial charge in [-0.1, -0.05) is 31.2 Å². The van der Waals surface area contributed by atoms with Crippen LogP contribution in [0.3, 0.4) is 0 Å². The van der Waals surface area contributed by atoms with Crippen LogP contribution in [0.15, 0.2) is 24.3 Å². The summed E-state index contributed by atoms with van der Waals surface area (Å²) in [4.78, 5) is 23.0. The van der Waals surface area contributed by atoms with E-state index in [0.29, 0.717) is 17.5 Å². The Morgan fingerprint density at radius 1 is 1.31 bits per heavy atom. The summed E-state index contributed by atoms with van der Waals surface area (Å²) in [6, 6.07) is 6.71. The van der Waals surface area contributed by atoms with Crippen LogP contribution in [0.25, 0.3) is 0 Å². The number of rotatable bonds is 5. The van der Waals surface area contributed by atoms with Crippen LogP contribution in [0.5, 0.6) is 0 Å². The zero-order valence-corrected chi connectivity index (χ0v) is 9.50. The van der Waals surface area contributed by atoms with E-state index in [-0.39, 0.29) is 6.42 Å². The molecule has 0 radical (unpaired) electrons. The topological polar surface area (TPSA) is 34.1 Å². The van der Waals surface area contributed by atoms with Crippen molar-refractivity contribution >= 4 is 11.6 Å². The molecule has 1 aromatic carbocycles. The summed E-state index contributed by atoms with van der Waals surface area (Å²) >= 11 is 0. The first-order chi connectivity index (χ1) is 7.57. The molecule has 0 aliphatic carbocycles. The van der Waals surface area contributed by atoms with Gasteiger partial charge in [0.1, 0.15) is 0 Å². The van der Waals surface area contributed by atoms with Crippen molar-refractivity contribution < 1.29 is 14.0 Å². The number of ketones is 2. The lowest BCUT2D eigenvalue weighted by Crippen LogP contribution is -2.26. The molecule has 86 valence electrons. The quantitative estimate of drug-likeness (QED) is 0.567. The molecule has 0 aliphatic heterocycles. The van der Waals surface area contributed by atoms with Crippen LogP contribution in [-0.2, 0) is 4.79 Å². The highest BCUT2D eigenvalue weighted by Crippen LogP contribution is 2.13. The van der Waals surface area contributed by atoms with Gasteiger partial charge in [0, 0.05) is 12.0 Å². The summed E-state index contributed by atoms with van der Waals surface area (Å²) < 4.78 is 13.5. The van der Waals surface area contributed by atoms with Gasteiger partial charge in [-0.25, -0.2) is 4.39 Å². The van der Waals surface area contributed by atoms with E-state index in [2.05, 4.69) is 0 Å². The average Bonchev–Trinajstić information content (AvgIpc) is 2.28. The standard InChI is InChI=1S/C13H15FO2/c1-3-6-11(15)12(14)13(16)10-8-5-4-7-9(10)2/h4-5,7-8,12H,3,6H2,1-2H3. The summed E-state index contributed by atoms with van der Waals surface area (Å²) in [5.41, 5.74) is 0.985. The molecule has 1 unspecified atom stereocenters. The molecule has 3 heteroatoms. The molecule has 0 saturated heterocycles. The smallest absolute Gasteiger partial charge is 0.220 e. The zero-order valence-electron chi connectivity index (χ0n) is 9.50. The Morgan fingerprint density at radius 2 is 1.94 bits per heavy atom.